The van der Waals surface area contributed by atoms with E-state index < -0.39 is 5.60 Å². The molecule has 1 saturated carbocycles. The summed E-state index contributed by atoms with van der Waals surface area (Å²) in [5.74, 6) is 0.470. The molecule has 0 aromatic heterocycles. The van der Waals surface area contributed by atoms with E-state index in [-0.39, 0.29) is 6.04 Å². The highest BCUT2D eigenvalue weighted by Crippen LogP contribution is 2.43. The second-order valence-electron chi connectivity index (χ2n) is 4.70. The Hall–Kier alpha value is -0.120. The molecule has 2 atom stereocenters. The maximum absolute atomic E-state index is 10.6. The fourth-order valence-electron chi connectivity index (χ4n) is 2.60. The van der Waals surface area contributed by atoms with Gasteiger partial charge in [-0.25, -0.2) is 0 Å². The lowest BCUT2D eigenvalue weighted by atomic mass is 9.84. The lowest BCUT2D eigenvalue weighted by molar-refractivity contribution is -0.0794. The van der Waals surface area contributed by atoms with Crippen LogP contribution in [0.15, 0.2) is 0 Å². The van der Waals surface area contributed by atoms with Crippen molar-refractivity contribution in [2.24, 2.45) is 5.92 Å². The van der Waals surface area contributed by atoms with Gasteiger partial charge < -0.3 is 15.2 Å². The van der Waals surface area contributed by atoms with E-state index in [1.807, 2.05) is 0 Å². The molecule has 2 rings (SSSR count). The van der Waals surface area contributed by atoms with Crippen LogP contribution in [0.3, 0.4) is 0 Å². The molecular weight excluding hydrogens is 178 g/mol. The Balaban J connectivity index is 2.00. The van der Waals surface area contributed by atoms with Crippen LogP contribution >= 0.6 is 0 Å². The van der Waals surface area contributed by atoms with Gasteiger partial charge in [-0.2, -0.15) is 0 Å². The summed E-state index contributed by atoms with van der Waals surface area (Å²) in [6.07, 6.45) is 5.90. The van der Waals surface area contributed by atoms with Crippen molar-refractivity contribution in [1.82, 2.24) is 5.32 Å². The Bertz CT molecular complexity index is 188. The van der Waals surface area contributed by atoms with E-state index >= 15 is 0 Å². The summed E-state index contributed by atoms with van der Waals surface area (Å²) in [7, 11) is 1.68. The van der Waals surface area contributed by atoms with Crippen molar-refractivity contribution in [3.8, 4) is 0 Å². The van der Waals surface area contributed by atoms with E-state index in [0.717, 1.165) is 25.8 Å². The number of rotatable bonds is 4. The van der Waals surface area contributed by atoms with Crippen LogP contribution in [0.1, 0.15) is 32.1 Å². The minimum Gasteiger partial charge on any atom is -0.386 e. The molecule has 0 amide bonds. The maximum atomic E-state index is 10.6. The van der Waals surface area contributed by atoms with Crippen molar-refractivity contribution < 1.29 is 9.84 Å². The lowest BCUT2D eigenvalue weighted by Crippen LogP contribution is -2.56. The van der Waals surface area contributed by atoms with Crippen molar-refractivity contribution in [2.45, 2.75) is 43.7 Å². The van der Waals surface area contributed by atoms with Crippen LogP contribution in [0.25, 0.3) is 0 Å². The molecule has 2 fully saturated rings. The first-order valence-electron chi connectivity index (χ1n) is 5.72. The van der Waals surface area contributed by atoms with E-state index in [1.165, 1.54) is 12.8 Å². The normalized spacial score (nSPS) is 32.6. The zero-order valence-corrected chi connectivity index (χ0v) is 8.96. The first-order chi connectivity index (χ1) is 6.77. The second-order valence-corrected chi connectivity index (χ2v) is 4.70. The van der Waals surface area contributed by atoms with E-state index in [4.69, 9.17) is 4.74 Å². The Labute approximate surface area is 85.8 Å². The van der Waals surface area contributed by atoms with Crippen LogP contribution in [0.4, 0.5) is 0 Å². The molecule has 1 aliphatic carbocycles. The summed E-state index contributed by atoms with van der Waals surface area (Å²) in [5.41, 5.74) is -0.602. The number of ether oxygens (including phenoxy) is 1. The quantitative estimate of drug-likeness (QED) is 0.707. The first-order valence-corrected chi connectivity index (χ1v) is 5.72. The molecule has 2 N–H and O–H groups in total. The Morgan fingerprint density at radius 2 is 2.14 bits per heavy atom. The van der Waals surface area contributed by atoms with E-state index in [2.05, 4.69) is 5.32 Å². The number of methoxy groups -OCH3 is 1. The molecule has 2 unspecified atom stereocenters. The van der Waals surface area contributed by atoms with E-state index in [1.54, 1.807) is 7.11 Å². The lowest BCUT2D eigenvalue weighted by Gasteiger charge is -2.39. The second kappa shape index (κ2) is 4.17. The van der Waals surface area contributed by atoms with Crippen LogP contribution in [-0.4, -0.2) is 37.0 Å². The third kappa shape index (κ3) is 1.95. The third-order valence-electron chi connectivity index (χ3n) is 3.57. The SMILES string of the molecule is COCC(O)(C1CC1)C1CCCCN1. The van der Waals surface area contributed by atoms with Crippen molar-refractivity contribution in [3.63, 3.8) is 0 Å². The molecule has 2 aliphatic rings. The highest BCUT2D eigenvalue weighted by Gasteiger charge is 2.49. The molecule has 1 heterocycles. The van der Waals surface area contributed by atoms with Gasteiger partial charge in [-0.15, -0.1) is 0 Å². The number of hydrogen-bond donors (Lipinski definition) is 2. The molecule has 3 nitrogen and oxygen atoms in total. The molecule has 0 spiro atoms. The zero-order chi connectivity index (χ0) is 10.0. The Morgan fingerprint density at radius 3 is 2.64 bits per heavy atom. The van der Waals surface area contributed by atoms with Gasteiger partial charge in [0.15, 0.2) is 0 Å². The molecule has 82 valence electrons. The van der Waals surface area contributed by atoms with E-state index in [0.29, 0.717) is 12.5 Å². The molecule has 0 aromatic rings. The van der Waals surface area contributed by atoms with Crippen molar-refractivity contribution >= 4 is 0 Å². The first kappa shape index (κ1) is 10.4. The summed E-state index contributed by atoms with van der Waals surface area (Å²) in [6, 6.07) is 0.253. The molecule has 1 aliphatic heterocycles. The van der Waals surface area contributed by atoms with Gasteiger partial charge >= 0.3 is 0 Å². The summed E-state index contributed by atoms with van der Waals surface area (Å²) >= 11 is 0. The third-order valence-corrected chi connectivity index (χ3v) is 3.57. The van der Waals surface area contributed by atoms with Crippen molar-refractivity contribution in [1.29, 1.82) is 0 Å². The van der Waals surface area contributed by atoms with Gasteiger partial charge in [0.05, 0.1) is 6.61 Å². The molecule has 14 heavy (non-hydrogen) atoms. The zero-order valence-electron chi connectivity index (χ0n) is 8.96. The number of piperidine rings is 1. The van der Waals surface area contributed by atoms with Crippen LogP contribution in [0.2, 0.25) is 0 Å². The Kier molecular flexibility index (Phi) is 3.10. The smallest absolute Gasteiger partial charge is 0.106 e. The average Bonchev–Trinajstić information content (AvgIpc) is 3.03. The maximum Gasteiger partial charge on any atom is 0.106 e. The molecule has 0 aromatic carbocycles. The summed E-state index contributed by atoms with van der Waals surface area (Å²) in [6.45, 7) is 1.53. The van der Waals surface area contributed by atoms with Crippen LogP contribution < -0.4 is 5.32 Å². The fourth-order valence-corrected chi connectivity index (χ4v) is 2.60. The highest BCUT2D eigenvalue weighted by molar-refractivity contribution is 5.03. The molecule has 0 radical (unpaired) electrons. The van der Waals surface area contributed by atoms with Gasteiger partial charge in [-0.3, -0.25) is 0 Å². The fraction of sp³-hybridized carbons (Fsp3) is 1.00. The summed E-state index contributed by atoms with van der Waals surface area (Å²) in [4.78, 5) is 0. The van der Waals surface area contributed by atoms with Gasteiger partial charge in [0, 0.05) is 13.2 Å². The van der Waals surface area contributed by atoms with Gasteiger partial charge in [0.2, 0.25) is 0 Å². The molecule has 3 heteroatoms. The Morgan fingerprint density at radius 1 is 1.36 bits per heavy atom. The molecule has 0 bridgehead atoms. The van der Waals surface area contributed by atoms with Gasteiger partial charge in [-0.05, 0) is 38.1 Å². The minimum absolute atomic E-state index is 0.253. The van der Waals surface area contributed by atoms with Crippen molar-refractivity contribution in [3.05, 3.63) is 0 Å². The van der Waals surface area contributed by atoms with Gasteiger partial charge in [0.1, 0.15) is 5.60 Å². The number of aliphatic hydroxyl groups is 1. The summed E-state index contributed by atoms with van der Waals surface area (Å²) in [5, 5.41) is 14.0. The standard InChI is InChI=1S/C11H21NO2/c1-14-8-11(13,9-5-6-9)10-4-2-3-7-12-10/h9-10,12-13H,2-8H2,1H3. The predicted octanol–water partition coefficient (Wildman–Crippen LogP) is 0.916. The van der Waals surface area contributed by atoms with Crippen LogP contribution in [-0.2, 0) is 4.74 Å². The van der Waals surface area contributed by atoms with Gasteiger partial charge in [0.25, 0.3) is 0 Å². The van der Waals surface area contributed by atoms with Crippen molar-refractivity contribution in [2.75, 3.05) is 20.3 Å². The number of hydrogen-bond acceptors (Lipinski definition) is 3. The highest BCUT2D eigenvalue weighted by atomic mass is 16.5. The largest absolute Gasteiger partial charge is 0.386 e. The van der Waals surface area contributed by atoms with Gasteiger partial charge in [-0.1, -0.05) is 6.42 Å². The van der Waals surface area contributed by atoms with Crippen LogP contribution in [0, 0.1) is 5.92 Å². The number of nitrogens with one attached hydrogen (secondary N) is 1. The average molecular weight is 199 g/mol. The monoisotopic (exact) mass is 199 g/mol. The molecular formula is C11H21NO2. The summed E-state index contributed by atoms with van der Waals surface area (Å²) < 4.78 is 5.17. The molecule has 1 saturated heterocycles. The van der Waals surface area contributed by atoms with E-state index in [9.17, 15) is 5.11 Å². The van der Waals surface area contributed by atoms with Crippen LogP contribution in [0.5, 0.6) is 0 Å². The predicted molar refractivity (Wildman–Crippen MR) is 55.2 cm³/mol. The topological polar surface area (TPSA) is 41.5 Å². The minimum atomic E-state index is -0.602.